The molecule has 0 aliphatic carbocycles. The summed E-state index contributed by atoms with van der Waals surface area (Å²) in [6.07, 6.45) is 1.75. The Balaban J connectivity index is 1.75. The van der Waals surface area contributed by atoms with Crippen molar-refractivity contribution in [3.8, 4) is 11.3 Å². The fraction of sp³-hybridized carbons (Fsp3) is 0.118. The average molecular weight is 298 g/mol. The standard InChI is InChI=1S/C17H16ClN3/c1-12(15-4-2-3-5-16(15)18)20-14-8-6-13(7-9-14)17-10-11-19-21-17/h2-12,20H,1H3,(H,19,21). The van der Waals surface area contributed by atoms with Crippen LogP contribution in [-0.2, 0) is 0 Å². The SMILES string of the molecule is CC(Nc1ccc(-c2ccn[nH]2)cc1)c1ccccc1Cl. The molecule has 3 nitrogen and oxygen atoms in total. The van der Waals surface area contributed by atoms with E-state index in [0.29, 0.717) is 0 Å². The Morgan fingerprint density at radius 2 is 1.81 bits per heavy atom. The molecule has 3 rings (SSSR count). The molecule has 21 heavy (non-hydrogen) atoms. The summed E-state index contributed by atoms with van der Waals surface area (Å²) in [7, 11) is 0. The number of anilines is 1. The zero-order valence-corrected chi connectivity index (χ0v) is 12.4. The number of halogens is 1. The molecule has 0 aliphatic rings. The van der Waals surface area contributed by atoms with Gasteiger partial charge in [-0.15, -0.1) is 0 Å². The second-order valence-electron chi connectivity index (χ2n) is 4.94. The lowest BCUT2D eigenvalue weighted by atomic mass is 10.1. The van der Waals surface area contributed by atoms with Gasteiger partial charge < -0.3 is 5.32 Å². The molecular formula is C17H16ClN3. The molecule has 0 bridgehead atoms. The summed E-state index contributed by atoms with van der Waals surface area (Å²) < 4.78 is 0. The van der Waals surface area contributed by atoms with Crippen LogP contribution >= 0.6 is 11.6 Å². The number of nitrogens with zero attached hydrogens (tertiary/aromatic N) is 1. The molecule has 3 aromatic rings. The predicted molar refractivity (Wildman–Crippen MR) is 87.5 cm³/mol. The van der Waals surface area contributed by atoms with Gasteiger partial charge in [-0.3, -0.25) is 5.10 Å². The number of benzene rings is 2. The maximum absolute atomic E-state index is 6.23. The topological polar surface area (TPSA) is 40.7 Å². The van der Waals surface area contributed by atoms with Gasteiger partial charge in [0.2, 0.25) is 0 Å². The minimum Gasteiger partial charge on any atom is -0.378 e. The minimum atomic E-state index is 0.150. The van der Waals surface area contributed by atoms with E-state index in [9.17, 15) is 0 Å². The summed E-state index contributed by atoms with van der Waals surface area (Å²) in [5, 5.41) is 11.2. The highest BCUT2D eigenvalue weighted by molar-refractivity contribution is 6.31. The Labute approximate surface area is 129 Å². The fourth-order valence-electron chi connectivity index (χ4n) is 2.32. The lowest BCUT2D eigenvalue weighted by Crippen LogP contribution is -2.06. The number of aromatic nitrogens is 2. The first-order valence-electron chi connectivity index (χ1n) is 6.85. The smallest absolute Gasteiger partial charge is 0.0650 e. The first-order chi connectivity index (χ1) is 10.2. The van der Waals surface area contributed by atoms with Crippen molar-refractivity contribution in [2.75, 3.05) is 5.32 Å². The number of hydrogen-bond donors (Lipinski definition) is 2. The van der Waals surface area contributed by atoms with Gasteiger partial charge in [0.05, 0.1) is 5.69 Å². The molecule has 106 valence electrons. The third-order valence-corrected chi connectivity index (χ3v) is 3.80. The lowest BCUT2D eigenvalue weighted by Gasteiger charge is -2.17. The summed E-state index contributed by atoms with van der Waals surface area (Å²) in [6, 6.07) is 18.2. The largest absolute Gasteiger partial charge is 0.378 e. The van der Waals surface area contributed by atoms with Gasteiger partial charge in [-0.1, -0.05) is 41.9 Å². The molecule has 2 N–H and O–H groups in total. The van der Waals surface area contributed by atoms with E-state index in [-0.39, 0.29) is 6.04 Å². The van der Waals surface area contributed by atoms with Crippen molar-refractivity contribution in [2.24, 2.45) is 0 Å². The Morgan fingerprint density at radius 1 is 1.05 bits per heavy atom. The van der Waals surface area contributed by atoms with Crippen LogP contribution in [0.3, 0.4) is 0 Å². The van der Waals surface area contributed by atoms with Crippen LogP contribution in [0, 0.1) is 0 Å². The summed E-state index contributed by atoms with van der Waals surface area (Å²) in [4.78, 5) is 0. The lowest BCUT2D eigenvalue weighted by molar-refractivity contribution is 0.885. The van der Waals surface area contributed by atoms with Crippen molar-refractivity contribution < 1.29 is 0 Å². The maximum Gasteiger partial charge on any atom is 0.0650 e. The molecule has 0 saturated carbocycles. The van der Waals surface area contributed by atoms with Crippen LogP contribution in [0.4, 0.5) is 5.69 Å². The third-order valence-electron chi connectivity index (χ3n) is 3.45. The van der Waals surface area contributed by atoms with Crippen LogP contribution < -0.4 is 5.32 Å². The molecule has 0 spiro atoms. The summed E-state index contributed by atoms with van der Waals surface area (Å²) >= 11 is 6.23. The molecule has 0 fully saturated rings. The molecule has 1 unspecified atom stereocenters. The predicted octanol–water partition coefficient (Wildman–Crippen LogP) is 4.90. The zero-order valence-electron chi connectivity index (χ0n) is 11.7. The normalized spacial score (nSPS) is 12.1. The van der Waals surface area contributed by atoms with Gasteiger partial charge in [-0.2, -0.15) is 5.10 Å². The first kappa shape index (κ1) is 13.7. The molecule has 1 heterocycles. The van der Waals surface area contributed by atoms with Gasteiger partial charge >= 0.3 is 0 Å². The number of aromatic amines is 1. The summed E-state index contributed by atoms with van der Waals surface area (Å²) in [6.45, 7) is 2.10. The molecular weight excluding hydrogens is 282 g/mol. The average Bonchev–Trinajstić information content (AvgIpc) is 3.02. The minimum absolute atomic E-state index is 0.150. The molecule has 0 radical (unpaired) electrons. The second-order valence-corrected chi connectivity index (χ2v) is 5.34. The van der Waals surface area contributed by atoms with E-state index in [0.717, 1.165) is 27.5 Å². The quantitative estimate of drug-likeness (QED) is 0.719. The molecule has 2 aromatic carbocycles. The van der Waals surface area contributed by atoms with E-state index >= 15 is 0 Å². The van der Waals surface area contributed by atoms with Crippen molar-refractivity contribution in [1.29, 1.82) is 0 Å². The van der Waals surface area contributed by atoms with Crippen LogP contribution in [0.1, 0.15) is 18.5 Å². The number of hydrogen-bond acceptors (Lipinski definition) is 2. The molecule has 0 saturated heterocycles. The highest BCUT2D eigenvalue weighted by Gasteiger charge is 2.08. The number of H-pyrrole nitrogens is 1. The molecule has 1 atom stereocenters. The van der Waals surface area contributed by atoms with E-state index in [1.54, 1.807) is 6.20 Å². The van der Waals surface area contributed by atoms with Crippen molar-refractivity contribution >= 4 is 17.3 Å². The summed E-state index contributed by atoms with van der Waals surface area (Å²) in [5.41, 5.74) is 4.28. The summed E-state index contributed by atoms with van der Waals surface area (Å²) in [5.74, 6) is 0. The highest BCUT2D eigenvalue weighted by Crippen LogP contribution is 2.26. The molecule has 4 heteroatoms. The van der Waals surface area contributed by atoms with E-state index in [4.69, 9.17) is 11.6 Å². The Kier molecular flexibility index (Phi) is 3.93. The van der Waals surface area contributed by atoms with Crippen molar-refractivity contribution in [3.63, 3.8) is 0 Å². The molecule has 0 aliphatic heterocycles. The van der Waals surface area contributed by atoms with Gasteiger partial charge in [0, 0.05) is 22.9 Å². The Hall–Kier alpha value is -2.26. The van der Waals surface area contributed by atoms with Crippen LogP contribution in [0.25, 0.3) is 11.3 Å². The van der Waals surface area contributed by atoms with Crippen LogP contribution in [-0.4, -0.2) is 10.2 Å². The maximum atomic E-state index is 6.23. The third kappa shape index (κ3) is 3.09. The van der Waals surface area contributed by atoms with Crippen LogP contribution in [0.2, 0.25) is 5.02 Å². The van der Waals surface area contributed by atoms with Gasteiger partial charge in [-0.05, 0) is 42.3 Å². The highest BCUT2D eigenvalue weighted by atomic mass is 35.5. The van der Waals surface area contributed by atoms with Crippen LogP contribution in [0.5, 0.6) is 0 Å². The van der Waals surface area contributed by atoms with Crippen molar-refractivity contribution in [1.82, 2.24) is 10.2 Å². The fourth-order valence-corrected chi connectivity index (χ4v) is 2.62. The monoisotopic (exact) mass is 297 g/mol. The second kappa shape index (κ2) is 6.02. The van der Waals surface area contributed by atoms with Gasteiger partial charge in [0.25, 0.3) is 0 Å². The van der Waals surface area contributed by atoms with E-state index in [1.165, 1.54) is 0 Å². The Bertz CT molecular complexity index is 705. The Morgan fingerprint density at radius 3 is 2.48 bits per heavy atom. The number of nitrogens with one attached hydrogen (secondary N) is 2. The molecule has 1 aromatic heterocycles. The number of rotatable bonds is 4. The first-order valence-corrected chi connectivity index (χ1v) is 7.22. The van der Waals surface area contributed by atoms with Crippen molar-refractivity contribution in [2.45, 2.75) is 13.0 Å². The van der Waals surface area contributed by atoms with Gasteiger partial charge in [-0.25, -0.2) is 0 Å². The van der Waals surface area contributed by atoms with Gasteiger partial charge in [0.1, 0.15) is 0 Å². The molecule has 0 amide bonds. The van der Waals surface area contributed by atoms with Gasteiger partial charge in [0.15, 0.2) is 0 Å². The van der Waals surface area contributed by atoms with E-state index < -0.39 is 0 Å². The van der Waals surface area contributed by atoms with E-state index in [2.05, 4.69) is 46.7 Å². The van der Waals surface area contributed by atoms with Crippen LogP contribution in [0.15, 0.2) is 60.8 Å². The van der Waals surface area contributed by atoms with Crippen molar-refractivity contribution in [3.05, 3.63) is 71.4 Å². The zero-order chi connectivity index (χ0) is 14.7. The van der Waals surface area contributed by atoms with E-state index in [1.807, 2.05) is 30.3 Å².